The van der Waals surface area contributed by atoms with Gasteiger partial charge in [0.15, 0.2) is 0 Å². The van der Waals surface area contributed by atoms with Crippen molar-refractivity contribution in [1.29, 1.82) is 0 Å². The lowest BCUT2D eigenvalue weighted by atomic mass is 9.99. The maximum atomic E-state index is 2.31. The molecule has 0 unspecified atom stereocenters. The Balaban J connectivity index is -0.00000000341. The summed E-state index contributed by atoms with van der Waals surface area (Å²) >= 11 is 0. The van der Waals surface area contributed by atoms with Gasteiger partial charge in [0, 0.05) is 0 Å². The molecule has 0 nitrogen and oxygen atoms in total. The van der Waals surface area contributed by atoms with E-state index in [9.17, 15) is 0 Å². The molecule has 0 spiro atoms. The van der Waals surface area contributed by atoms with Crippen LogP contribution in [0.4, 0.5) is 0 Å². The highest BCUT2D eigenvalue weighted by Crippen LogP contribution is 2.47. The molecular formula is C138H428. The Kier molecular flexibility index (Phi) is 15900. The van der Waals surface area contributed by atoms with E-state index in [0.717, 1.165) is 0 Å². The highest BCUT2D eigenvalue weighted by molar-refractivity contribution is 5.60. The maximum Gasteiger partial charge on any atom is -0.00583 e. The lowest BCUT2D eigenvalue weighted by molar-refractivity contribution is 1.00. The van der Waals surface area contributed by atoms with Gasteiger partial charge in [0.25, 0.3) is 0 Å². The quantitative estimate of drug-likeness (QED) is 0.259. The van der Waals surface area contributed by atoms with Crippen LogP contribution in [0, 0.1) is 0 Å². The maximum absolute atomic E-state index is 2.31. The van der Waals surface area contributed by atoms with Gasteiger partial charge in [-0.15, -0.1) is 0 Å². The Morgan fingerprint density at radius 1 is 0.101 bits per heavy atom. The lowest BCUT2D eigenvalue weighted by Crippen LogP contribution is -1.87. The summed E-state index contributed by atoms with van der Waals surface area (Å²) in [5.41, 5.74) is 9.91. The highest BCUT2D eigenvalue weighted by Gasteiger charge is 2.28. The average Bonchev–Trinajstić information content (AvgIpc) is 3.43. The molecular weight excluding hydrogens is 1660 g/mol. The molecule has 0 atom stereocenters. The monoisotopic (exact) mass is 2090 g/mol. The zero-order valence-corrected chi connectivity index (χ0v) is 87.5. The Labute approximate surface area is 957 Å². The van der Waals surface area contributed by atoms with Crippen LogP contribution in [-0.4, -0.2) is 0 Å². The molecule has 0 aliphatic heterocycles. The molecule has 0 radical (unpaired) electrons. The molecule has 980 valence electrons. The van der Waals surface area contributed by atoms with Crippen LogP contribution in [-0.2, 0) is 0 Å². The van der Waals surface area contributed by atoms with E-state index in [2.05, 4.69) is 138 Å². The minimum Gasteiger partial charge on any atom is -0.0776 e. The molecule has 0 aromatic rings. The second-order valence-corrected chi connectivity index (χ2v) is 10.2. The second-order valence-electron chi connectivity index (χ2n) is 10.2. The van der Waals surface area contributed by atoms with Crippen molar-refractivity contribution >= 4 is 0 Å². The van der Waals surface area contributed by atoms with Crippen LogP contribution in [0.3, 0.4) is 0 Å². The molecule has 0 amide bonds. The van der Waals surface area contributed by atoms with E-state index in [-0.39, 0.29) is 327 Å². The summed E-state index contributed by atoms with van der Waals surface area (Å²) < 4.78 is 0. The van der Waals surface area contributed by atoms with Crippen molar-refractivity contribution in [3.8, 4) is 0 Å². The van der Waals surface area contributed by atoms with Gasteiger partial charge in [0.2, 0.25) is 0 Å². The fourth-order valence-corrected chi connectivity index (χ4v) is 3.08. The molecule has 0 aromatic heterocycles. The van der Waals surface area contributed by atoms with Gasteiger partial charge in [-0.1, -0.05) is 902 Å². The molecule has 2 aliphatic rings. The predicted octanol–water partition coefficient (Wildman–Crippen LogP) is 72.6. The van der Waals surface area contributed by atoms with E-state index < -0.39 is 0 Å². The summed E-state index contributed by atoms with van der Waals surface area (Å²) in [7, 11) is 0. The standard InChI is InChI=1S/C14H20.8C3H8.28C2H6.44CH4/c1-5-11-9(3)7-14-12(6-2)10(4)8-13(11)14;8*1-3-2;28*1-2;;;;;;;;;;;;;;;;;;;;;;;;;;;;;;;;;;;;;;;;;;;;/h5-8H2,1-4H3;8*3H2,1-2H3;28*1-2H3;44*1H4. The third-order valence-corrected chi connectivity index (χ3v) is 3.71. The fraction of sp³-hybridized carbons (Fsp3) is 0.957. The molecule has 0 aromatic carbocycles. The van der Waals surface area contributed by atoms with E-state index in [4.69, 9.17) is 0 Å². The minimum atomic E-state index is 0. The van der Waals surface area contributed by atoms with Crippen LogP contribution in [0.1, 0.15) is 930 Å². The zero-order chi connectivity index (χ0) is 87.9. The van der Waals surface area contributed by atoms with Gasteiger partial charge >= 0.3 is 0 Å². The van der Waals surface area contributed by atoms with Crippen LogP contribution in [0.2, 0.25) is 0 Å². The SMILES string of the molecule is C.C.C.C.C.C.C.C.C.C.C.C.C.C.C.C.C.C.C.C.C.C.C.C.C.C.C.C.C.C.C.C.C.C.C.C.C.C.C.C.C.C.C.C.CC.CC.CC.CC.CC.CC.CC.CC.CC.CC.CC.CC.CC.CC.CC.CC.CC.CC.CC.CC.CC.CC.CC.CC.CC.CC.CC.CC.CCC.CCC.CCC.CCC.CCC.CCC.CCC.CCC.CCC1=C(C)CC2=C1CC(C)=C2CC. The molecule has 2 rings (SSSR count). The largest absolute Gasteiger partial charge is 0.0776 e. The summed E-state index contributed by atoms with van der Waals surface area (Å²) in [4.78, 5) is 0. The summed E-state index contributed by atoms with van der Waals surface area (Å²) in [5, 5.41) is 0. The minimum absolute atomic E-state index is 0. The summed E-state index contributed by atoms with van der Waals surface area (Å²) in [6.45, 7) is 155. The Hall–Kier alpha value is -0.780. The average molecular weight is 2090 g/mol. The van der Waals surface area contributed by atoms with Gasteiger partial charge in [-0.25, -0.2) is 0 Å². The third-order valence-electron chi connectivity index (χ3n) is 3.71. The Morgan fingerprint density at radius 3 is 0.167 bits per heavy atom. The van der Waals surface area contributed by atoms with E-state index in [0.29, 0.717) is 0 Å². The van der Waals surface area contributed by atoms with E-state index in [1.807, 2.05) is 388 Å². The first kappa shape index (κ1) is 751. The van der Waals surface area contributed by atoms with E-state index in [1.165, 1.54) is 77.0 Å². The topological polar surface area (TPSA) is 0 Å². The molecule has 0 bridgehead atoms. The van der Waals surface area contributed by atoms with Gasteiger partial charge in [-0.05, 0) is 61.8 Å². The molecule has 0 heterocycles. The van der Waals surface area contributed by atoms with Crippen LogP contribution < -0.4 is 0 Å². The highest BCUT2D eigenvalue weighted by atomic mass is 14.3. The van der Waals surface area contributed by atoms with Crippen LogP contribution in [0.25, 0.3) is 0 Å². The van der Waals surface area contributed by atoms with Gasteiger partial charge < -0.3 is 0 Å². The number of rotatable bonds is 2. The zero-order valence-electron chi connectivity index (χ0n) is 87.5. The van der Waals surface area contributed by atoms with Crippen molar-refractivity contribution in [2.45, 2.75) is 930 Å². The molecule has 0 N–H and O–H groups in total. The number of hydrogen-bond acceptors (Lipinski definition) is 0. The van der Waals surface area contributed by atoms with E-state index in [1.54, 1.807) is 33.4 Å². The van der Waals surface area contributed by atoms with Gasteiger partial charge in [-0.2, -0.15) is 0 Å². The second kappa shape index (κ2) is 2920. The van der Waals surface area contributed by atoms with E-state index >= 15 is 0 Å². The van der Waals surface area contributed by atoms with Gasteiger partial charge in [-0.3, -0.25) is 0 Å². The number of allylic oxidation sites excluding steroid dienone is 6. The van der Waals surface area contributed by atoms with Gasteiger partial charge in [0.1, 0.15) is 0 Å². The predicted molar refractivity (Wildman–Crippen MR) is 804 cm³/mol. The smallest absolute Gasteiger partial charge is 0.00583 e. The van der Waals surface area contributed by atoms with Crippen molar-refractivity contribution in [2.24, 2.45) is 0 Å². The Morgan fingerprint density at radius 2 is 0.138 bits per heavy atom. The molecule has 0 heteroatoms. The van der Waals surface area contributed by atoms with Crippen molar-refractivity contribution in [3.63, 3.8) is 0 Å². The van der Waals surface area contributed by atoms with Crippen molar-refractivity contribution in [1.82, 2.24) is 0 Å². The fourth-order valence-electron chi connectivity index (χ4n) is 3.08. The first-order valence-corrected chi connectivity index (χ1v) is 45.1. The molecule has 0 saturated carbocycles. The first-order valence-electron chi connectivity index (χ1n) is 45.1. The molecule has 2 aliphatic carbocycles. The van der Waals surface area contributed by atoms with Crippen LogP contribution >= 0.6 is 0 Å². The Bertz CT molecular complexity index is 410. The molecule has 0 saturated heterocycles. The van der Waals surface area contributed by atoms with Crippen LogP contribution in [0.5, 0.6) is 0 Å². The van der Waals surface area contributed by atoms with Crippen molar-refractivity contribution in [2.75, 3.05) is 0 Å². The summed E-state index contributed by atoms with van der Waals surface area (Å²) in [5.74, 6) is 0. The third kappa shape index (κ3) is 2500. The normalized spacial score (nSPS) is 4.43. The lowest BCUT2D eigenvalue weighted by Gasteiger charge is -2.07. The summed E-state index contributed by atoms with van der Waals surface area (Å²) in [6.07, 6.45) is 14.9. The molecule has 138 heavy (non-hydrogen) atoms. The summed E-state index contributed by atoms with van der Waals surface area (Å²) in [6, 6.07) is 0. The van der Waals surface area contributed by atoms with Crippen LogP contribution in [0.15, 0.2) is 33.4 Å². The molecule has 0 fully saturated rings. The first-order chi connectivity index (χ1) is 46.0. The van der Waals surface area contributed by atoms with Crippen molar-refractivity contribution in [3.05, 3.63) is 33.4 Å². The van der Waals surface area contributed by atoms with Crippen molar-refractivity contribution < 1.29 is 0 Å². The number of hydrogen-bond donors (Lipinski definition) is 0. The van der Waals surface area contributed by atoms with Gasteiger partial charge in [0.05, 0.1) is 0 Å².